The maximum Gasteiger partial charge on any atom is 0.471 e. The number of anilines is 1. The van der Waals surface area contributed by atoms with Crippen LogP contribution >= 0.6 is 0 Å². The van der Waals surface area contributed by atoms with Gasteiger partial charge in [-0.05, 0) is 24.3 Å². The van der Waals surface area contributed by atoms with Gasteiger partial charge in [-0.15, -0.1) is 0 Å². The van der Waals surface area contributed by atoms with Gasteiger partial charge in [0.05, 0.1) is 5.56 Å². The molecule has 0 aliphatic carbocycles. The zero-order valence-electron chi connectivity index (χ0n) is 7.99. The highest BCUT2D eigenvalue weighted by Crippen LogP contribution is 2.30. The fraction of sp³-hybridized carbons (Fsp3) is 0.222. The Hall–Kier alpha value is -1.73. The van der Waals surface area contributed by atoms with Crippen molar-refractivity contribution in [3.8, 4) is 0 Å². The number of amides is 1. The standard InChI is InChI=1S/C9H5F6NO/c10-8(11,12)5-1-3-6(4-2-5)16-7(17)9(13,14)15/h1-4H,(H,16,17). The molecule has 1 amide bonds. The summed E-state index contributed by atoms with van der Waals surface area (Å²) in [7, 11) is 0. The third-order valence-electron chi connectivity index (χ3n) is 1.73. The second-order valence-electron chi connectivity index (χ2n) is 3.03. The molecule has 1 N–H and O–H groups in total. The van der Waals surface area contributed by atoms with Crippen LogP contribution in [0.1, 0.15) is 5.56 Å². The number of rotatable bonds is 1. The Kier molecular flexibility index (Phi) is 3.35. The van der Waals surface area contributed by atoms with Crippen molar-refractivity contribution in [3.05, 3.63) is 29.8 Å². The predicted molar refractivity (Wildman–Crippen MR) is 46.1 cm³/mol. The molecule has 0 heterocycles. The summed E-state index contributed by atoms with van der Waals surface area (Å²) < 4.78 is 71.7. The summed E-state index contributed by atoms with van der Waals surface area (Å²) in [6.45, 7) is 0. The number of carbonyl (C=O) groups excluding carboxylic acids is 1. The molecule has 0 radical (unpaired) electrons. The molecule has 0 saturated heterocycles. The number of nitrogens with one attached hydrogen (secondary N) is 1. The van der Waals surface area contributed by atoms with Gasteiger partial charge in [-0.3, -0.25) is 4.79 Å². The number of hydrogen-bond donors (Lipinski definition) is 1. The second kappa shape index (κ2) is 4.27. The van der Waals surface area contributed by atoms with Gasteiger partial charge in [0.25, 0.3) is 0 Å². The van der Waals surface area contributed by atoms with E-state index in [-0.39, 0.29) is 5.69 Å². The van der Waals surface area contributed by atoms with E-state index in [0.717, 1.165) is 12.1 Å². The molecule has 94 valence electrons. The maximum absolute atomic E-state index is 12.1. The van der Waals surface area contributed by atoms with Crippen LogP contribution in [0, 0.1) is 0 Å². The van der Waals surface area contributed by atoms with E-state index in [1.54, 1.807) is 0 Å². The smallest absolute Gasteiger partial charge is 0.318 e. The van der Waals surface area contributed by atoms with E-state index in [1.165, 1.54) is 5.32 Å². The molecule has 1 aromatic carbocycles. The van der Waals surface area contributed by atoms with Crippen molar-refractivity contribution in [3.63, 3.8) is 0 Å². The highest BCUT2D eigenvalue weighted by atomic mass is 19.4. The molecule has 1 aromatic rings. The highest BCUT2D eigenvalue weighted by molar-refractivity contribution is 5.94. The summed E-state index contributed by atoms with van der Waals surface area (Å²) in [5.74, 6) is -2.24. The molecule has 0 spiro atoms. The lowest BCUT2D eigenvalue weighted by molar-refractivity contribution is -0.167. The van der Waals surface area contributed by atoms with Crippen LogP contribution in [-0.4, -0.2) is 12.1 Å². The molecule has 2 nitrogen and oxygen atoms in total. The molecule has 8 heteroatoms. The maximum atomic E-state index is 12.1. The zero-order chi connectivity index (χ0) is 13.3. The van der Waals surface area contributed by atoms with Gasteiger partial charge in [0.15, 0.2) is 0 Å². The van der Waals surface area contributed by atoms with Crippen LogP contribution in [0.25, 0.3) is 0 Å². The fourth-order valence-electron chi connectivity index (χ4n) is 0.945. The van der Waals surface area contributed by atoms with E-state index in [4.69, 9.17) is 0 Å². The number of alkyl halides is 6. The SMILES string of the molecule is O=C(Nc1ccc(C(F)(F)F)cc1)C(F)(F)F. The van der Waals surface area contributed by atoms with Crippen molar-refractivity contribution in [1.82, 2.24) is 0 Å². The van der Waals surface area contributed by atoms with Gasteiger partial charge in [0.2, 0.25) is 0 Å². The molecule has 0 unspecified atom stereocenters. The van der Waals surface area contributed by atoms with Crippen LogP contribution in [0.5, 0.6) is 0 Å². The van der Waals surface area contributed by atoms with Crippen LogP contribution in [0.3, 0.4) is 0 Å². The second-order valence-corrected chi connectivity index (χ2v) is 3.03. The summed E-state index contributed by atoms with van der Waals surface area (Å²) >= 11 is 0. The largest absolute Gasteiger partial charge is 0.471 e. The molecular formula is C9H5F6NO. The lowest BCUT2D eigenvalue weighted by Crippen LogP contribution is -2.29. The Bertz CT molecular complexity index is 405. The minimum absolute atomic E-state index is 0.361. The molecular weight excluding hydrogens is 252 g/mol. The minimum Gasteiger partial charge on any atom is -0.318 e. The van der Waals surface area contributed by atoms with Gasteiger partial charge in [0, 0.05) is 5.69 Å². The predicted octanol–water partition coefficient (Wildman–Crippen LogP) is 3.21. The lowest BCUT2D eigenvalue weighted by Gasteiger charge is -2.09. The number of halogens is 6. The third kappa shape index (κ3) is 3.65. The van der Waals surface area contributed by atoms with Crippen LogP contribution in [-0.2, 0) is 11.0 Å². The van der Waals surface area contributed by atoms with E-state index >= 15 is 0 Å². The molecule has 0 aliphatic rings. The molecule has 0 aromatic heterocycles. The van der Waals surface area contributed by atoms with Crippen LogP contribution in [0.15, 0.2) is 24.3 Å². The number of benzene rings is 1. The molecule has 1 rings (SSSR count). The first kappa shape index (κ1) is 13.3. The Balaban J connectivity index is 2.80. The van der Waals surface area contributed by atoms with Crippen molar-refractivity contribution in [2.45, 2.75) is 12.4 Å². The normalized spacial score (nSPS) is 12.4. The number of carbonyl (C=O) groups is 1. The van der Waals surface area contributed by atoms with Crippen LogP contribution in [0.2, 0.25) is 0 Å². The summed E-state index contributed by atoms with van der Waals surface area (Å²) in [6, 6.07) is 2.64. The highest BCUT2D eigenvalue weighted by Gasteiger charge is 2.38. The Morgan fingerprint density at radius 3 is 1.76 bits per heavy atom. The average molecular weight is 257 g/mol. The summed E-state index contributed by atoms with van der Waals surface area (Å²) in [4.78, 5) is 10.5. The van der Waals surface area contributed by atoms with E-state index in [9.17, 15) is 31.1 Å². The van der Waals surface area contributed by atoms with E-state index in [1.807, 2.05) is 0 Å². The van der Waals surface area contributed by atoms with Gasteiger partial charge in [-0.2, -0.15) is 26.3 Å². The van der Waals surface area contributed by atoms with E-state index < -0.39 is 23.8 Å². The monoisotopic (exact) mass is 257 g/mol. The zero-order valence-corrected chi connectivity index (χ0v) is 7.99. The van der Waals surface area contributed by atoms with Crippen molar-refractivity contribution in [2.24, 2.45) is 0 Å². The minimum atomic E-state index is -5.08. The molecule has 0 fully saturated rings. The van der Waals surface area contributed by atoms with Gasteiger partial charge in [-0.1, -0.05) is 0 Å². The van der Waals surface area contributed by atoms with Gasteiger partial charge in [0.1, 0.15) is 0 Å². The van der Waals surface area contributed by atoms with Gasteiger partial charge >= 0.3 is 18.3 Å². The average Bonchev–Trinajstić information content (AvgIpc) is 2.15. The van der Waals surface area contributed by atoms with Crippen molar-refractivity contribution in [1.29, 1.82) is 0 Å². The Morgan fingerprint density at radius 2 is 1.41 bits per heavy atom. The first-order valence-electron chi connectivity index (χ1n) is 4.16. The van der Waals surface area contributed by atoms with Crippen molar-refractivity contribution in [2.75, 3.05) is 5.32 Å². The molecule has 0 bridgehead atoms. The quantitative estimate of drug-likeness (QED) is 0.769. The third-order valence-corrected chi connectivity index (χ3v) is 1.73. The molecule has 0 saturated carbocycles. The first-order valence-corrected chi connectivity index (χ1v) is 4.16. The molecule has 0 aliphatic heterocycles. The lowest BCUT2D eigenvalue weighted by atomic mass is 10.2. The van der Waals surface area contributed by atoms with Crippen molar-refractivity contribution < 1.29 is 31.1 Å². The summed E-state index contributed by atoms with van der Waals surface area (Å²) in [5, 5.41) is 1.43. The topological polar surface area (TPSA) is 29.1 Å². The van der Waals surface area contributed by atoms with Crippen LogP contribution in [0.4, 0.5) is 32.0 Å². The van der Waals surface area contributed by atoms with Crippen molar-refractivity contribution >= 4 is 11.6 Å². The summed E-state index contributed by atoms with van der Waals surface area (Å²) in [5.41, 5.74) is -1.37. The fourth-order valence-corrected chi connectivity index (χ4v) is 0.945. The molecule has 17 heavy (non-hydrogen) atoms. The van der Waals surface area contributed by atoms with Crippen LogP contribution < -0.4 is 5.32 Å². The first-order chi connectivity index (χ1) is 7.60. The van der Waals surface area contributed by atoms with E-state index in [0.29, 0.717) is 12.1 Å². The summed E-state index contributed by atoms with van der Waals surface area (Å²) in [6.07, 6.45) is -9.66. The number of hydrogen-bond acceptors (Lipinski definition) is 1. The van der Waals surface area contributed by atoms with E-state index in [2.05, 4.69) is 0 Å². The Labute approximate surface area is 91.2 Å². The van der Waals surface area contributed by atoms with Gasteiger partial charge in [-0.25, -0.2) is 0 Å². The Morgan fingerprint density at radius 1 is 0.941 bits per heavy atom. The van der Waals surface area contributed by atoms with Gasteiger partial charge < -0.3 is 5.32 Å². The molecule has 0 atom stereocenters.